The molecule has 0 aliphatic carbocycles. The van der Waals surface area contributed by atoms with Gasteiger partial charge in [0, 0.05) is 6.54 Å². The molecule has 1 unspecified atom stereocenters. The summed E-state index contributed by atoms with van der Waals surface area (Å²) in [5.74, 6) is -0.837. The van der Waals surface area contributed by atoms with Gasteiger partial charge in [0.2, 0.25) is 11.8 Å². The molecule has 110 valence electrons. The van der Waals surface area contributed by atoms with Crippen LogP contribution in [-0.2, 0) is 14.3 Å². The number of nitrogens with one attached hydrogen (secondary N) is 1. The summed E-state index contributed by atoms with van der Waals surface area (Å²) in [6.45, 7) is 4.56. The standard InChI is InChI=1S/C9H15N3O4.C3H8/c1-16-9(15)11-5-7(13)12-4-2-3-6(12)8(10)14;1-3-2/h6H,2-5H2,1H3,(H2,10,14)(H,11,15);3H2,1-2H3. The van der Waals surface area contributed by atoms with Crippen LogP contribution in [0.2, 0.25) is 0 Å². The van der Waals surface area contributed by atoms with Gasteiger partial charge in [-0.15, -0.1) is 0 Å². The van der Waals surface area contributed by atoms with Gasteiger partial charge in [0.05, 0.1) is 7.11 Å². The van der Waals surface area contributed by atoms with Crippen molar-refractivity contribution in [2.45, 2.75) is 39.2 Å². The molecule has 0 spiro atoms. The normalized spacial score (nSPS) is 17.2. The van der Waals surface area contributed by atoms with Crippen LogP contribution < -0.4 is 11.1 Å². The molecule has 7 heteroatoms. The first-order valence-corrected chi connectivity index (χ1v) is 6.38. The molecule has 0 saturated carbocycles. The van der Waals surface area contributed by atoms with Crippen LogP contribution >= 0.6 is 0 Å². The number of primary amides is 1. The van der Waals surface area contributed by atoms with Crippen LogP contribution in [0.15, 0.2) is 0 Å². The molecule has 3 N–H and O–H groups in total. The number of hydrogen-bond donors (Lipinski definition) is 2. The number of likely N-dealkylation sites (tertiary alicyclic amines) is 1. The van der Waals surface area contributed by atoms with E-state index in [2.05, 4.69) is 23.9 Å². The fourth-order valence-electron chi connectivity index (χ4n) is 1.68. The Morgan fingerprint density at radius 3 is 2.42 bits per heavy atom. The molecule has 19 heavy (non-hydrogen) atoms. The van der Waals surface area contributed by atoms with Crippen molar-refractivity contribution in [1.29, 1.82) is 0 Å². The molecule has 1 aliphatic rings. The zero-order valence-electron chi connectivity index (χ0n) is 11.8. The molecule has 1 saturated heterocycles. The highest BCUT2D eigenvalue weighted by Crippen LogP contribution is 2.16. The predicted molar refractivity (Wildman–Crippen MR) is 70.3 cm³/mol. The monoisotopic (exact) mass is 273 g/mol. The average Bonchev–Trinajstić information content (AvgIpc) is 2.85. The number of rotatable bonds is 3. The lowest BCUT2D eigenvalue weighted by Gasteiger charge is -2.22. The highest BCUT2D eigenvalue weighted by Gasteiger charge is 2.32. The van der Waals surface area contributed by atoms with E-state index in [-0.39, 0.29) is 12.5 Å². The number of amides is 3. The van der Waals surface area contributed by atoms with Crippen molar-refractivity contribution in [3.63, 3.8) is 0 Å². The summed E-state index contributed by atoms with van der Waals surface area (Å²) in [6.07, 6.45) is 1.90. The van der Waals surface area contributed by atoms with Gasteiger partial charge in [-0.25, -0.2) is 4.79 Å². The van der Waals surface area contributed by atoms with E-state index in [1.54, 1.807) is 0 Å². The smallest absolute Gasteiger partial charge is 0.407 e. The first kappa shape index (κ1) is 17.2. The molecular formula is C12H23N3O4. The minimum absolute atomic E-state index is 0.184. The predicted octanol–water partition coefficient (Wildman–Crippen LogP) is 0.235. The molecule has 0 bridgehead atoms. The Hall–Kier alpha value is -1.79. The summed E-state index contributed by atoms with van der Waals surface area (Å²) in [5, 5.41) is 2.26. The number of carbonyl (C=O) groups excluding carboxylic acids is 3. The molecular weight excluding hydrogens is 250 g/mol. The highest BCUT2D eigenvalue weighted by atomic mass is 16.5. The first-order valence-electron chi connectivity index (χ1n) is 6.38. The number of nitrogens with two attached hydrogens (primary N) is 1. The minimum atomic E-state index is -0.678. The van der Waals surface area contributed by atoms with Gasteiger partial charge in [-0.3, -0.25) is 9.59 Å². The number of nitrogens with zero attached hydrogens (tertiary/aromatic N) is 1. The van der Waals surface area contributed by atoms with E-state index in [0.717, 1.165) is 6.42 Å². The second-order valence-corrected chi connectivity index (χ2v) is 4.20. The van der Waals surface area contributed by atoms with Gasteiger partial charge < -0.3 is 20.7 Å². The quantitative estimate of drug-likeness (QED) is 0.768. The van der Waals surface area contributed by atoms with Crippen molar-refractivity contribution in [1.82, 2.24) is 10.2 Å². The third-order valence-corrected chi connectivity index (χ3v) is 2.47. The maximum Gasteiger partial charge on any atom is 0.407 e. The van der Waals surface area contributed by atoms with Crippen LogP contribution in [0, 0.1) is 0 Å². The number of alkyl carbamates (subject to hydrolysis) is 1. The third-order valence-electron chi connectivity index (χ3n) is 2.47. The summed E-state index contributed by atoms with van der Waals surface area (Å²) in [7, 11) is 1.21. The third kappa shape index (κ3) is 6.08. The Morgan fingerprint density at radius 2 is 1.95 bits per heavy atom. The van der Waals surface area contributed by atoms with Crippen LogP contribution in [0.5, 0.6) is 0 Å². The fraction of sp³-hybridized carbons (Fsp3) is 0.750. The van der Waals surface area contributed by atoms with E-state index in [9.17, 15) is 14.4 Å². The van der Waals surface area contributed by atoms with E-state index in [4.69, 9.17) is 5.73 Å². The van der Waals surface area contributed by atoms with Crippen molar-refractivity contribution < 1.29 is 19.1 Å². The molecule has 0 aromatic carbocycles. The molecule has 1 atom stereocenters. The zero-order valence-corrected chi connectivity index (χ0v) is 11.8. The molecule has 0 aromatic rings. The Labute approximate surface area is 113 Å². The van der Waals surface area contributed by atoms with Crippen LogP contribution in [0.4, 0.5) is 4.79 Å². The lowest BCUT2D eigenvalue weighted by atomic mass is 10.2. The highest BCUT2D eigenvalue weighted by molar-refractivity contribution is 5.89. The molecule has 1 heterocycles. The molecule has 0 radical (unpaired) electrons. The first-order chi connectivity index (χ1) is 8.97. The van der Waals surface area contributed by atoms with Gasteiger partial charge in [-0.05, 0) is 12.8 Å². The number of hydrogen-bond acceptors (Lipinski definition) is 4. The summed E-state index contributed by atoms with van der Waals surface area (Å²) >= 11 is 0. The van der Waals surface area contributed by atoms with Gasteiger partial charge in [0.25, 0.3) is 0 Å². The molecule has 7 nitrogen and oxygen atoms in total. The van der Waals surface area contributed by atoms with Crippen molar-refractivity contribution >= 4 is 17.9 Å². The topological polar surface area (TPSA) is 102 Å². The minimum Gasteiger partial charge on any atom is -0.453 e. The van der Waals surface area contributed by atoms with E-state index in [1.807, 2.05) is 0 Å². The van der Waals surface area contributed by atoms with Crippen molar-refractivity contribution in [2.75, 3.05) is 20.2 Å². The van der Waals surface area contributed by atoms with Crippen LogP contribution in [0.3, 0.4) is 0 Å². The van der Waals surface area contributed by atoms with Crippen molar-refractivity contribution in [3.05, 3.63) is 0 Å². The Morgan fingerprint density at radius 1 is 1.37 bits per heavy atom. The molecule has 1 rings (SSSR count). The van der Waals surface area contributed by atoms with E-state index in [1.165, 1.54) is 18.4 Å². The maximum absolute atomic E-state index is 11.6. The zero-order chi connectivity index (χ0) is 14.8. The lowest BCUT2D eigenvalue weighted by Crippen LogP contribution is -2.47. The average molecular weight is 273 g/mol. The van der Waals surface area contributed by atoms with Gasteiger partial charge in [-0.2, -0.15) is 0 Å². The lowest BCUT2D eigenvalue weighted by molar-refractivity contribution is -0.136. The number of carbonyl (C=O) groups is 3. The van der Waals surface area contributed by atoms with Crippen LogP contribution in [-0.4, -0.2) is 49.0 Å². The largest absolute Gasteiger partial charge is 0.453 e. The van der Waals surface area contributed by atoms with Crippen LogP contribution in [0.1, 0.15) is 33.1 Å². The summed E-state index contributed by atoms with van der Waals surface area (Å²) in [5.41, 5.74) is 5.16. The van der Waals surface area contributed by atoms with E-state index in [0.29, 0.717) is 13.0 Å². The summed E-state index contributed by atoms with van der Waals surface area (Å²) < 4.78 is 4.33. The second-order valence-electron chi connectivity index (χ2n) is 4.20. The second kappa shape index (κ2) is 9.18. The molecule has 1 fully saturated rings. The van der Waals surface area contributed by atoms with E-state index < -0.39 is 18.0 Å². The number of methoxy groups -OCH3 is 1. The molecule has 3 amide bonds. The Kier molecular flexibility index (Phi) is 8.32. The maximum atomic E-state index is 11.6. The van der Waals surface area contributed by atoms with Crippen molar-refractivity contribution in [2.24, 2.45) is 5.73 Å². The van der Waals surface area contributed by atoms with Gasteiger partial charge in [-0.1, -0.05) is 20.3 Å². The Bertz CT molecular complexity index is 320. The van der Waals surface area contributed by atoms with Crippen molar-refractivity contribution in [3.8, 4) is 0 Å². The molecule has 1 aliphatic heterocycles. The molecule has 0 aromatic heterocycles. The van der Waals surface area contributed by atoms with Crippen LogP contribution in [0.25, 0.3) is 0 Å². The van der Waals surface area contributed by atoms with Gasteiger partial charge >= 0.3 is 6.09 Å². The fourth-order valence-corrected chi connectivity index (χ4v) is 1.68. The van der Waals surface area contributed by atoms with E-state index >= 15 is 0 Å². The Balaban J connectivity index is 0.000000982. The van der Waals surface area contributed by atoms with Gasteiger partial charge in [0.1, 0.15) is 12.6 Å². The SMILES string of the molecule is CCC.COC(=O)NCC(=O)N1CCCC1C(N)=O. The number of ether oxygens (including phenoxy) is 1. The summed E-state index contributed by atoms with van der Waals surface area (Å²) in [6, 6.07) is -0.549. The summed E-state index contributed by atoms with van der Waals surface area (Å²) in [4.78, 5) is 34.8. The van der Waals surface area contributed by atoms with Gasteiger partial charge in [0.15, 0.2) is 0 Å².